The van der Waals surface area contributed by atoms with Gasteiger partial charge in [0.1, 0.15) is 19.8 Å². The fraction of sp³-hybridized carbons (Fsp3) is 0.867. The maximum absolute atomic E-state index is 12.9. The molecule has 0 saturated carbocycles. The monoisotopic (exact) mass is 1220 g/mol. The molecule has 2 atom stereocenters. The number of hydrogen-bond donors (Lipinski definition) is 0. The number of phosphoric ester groups is 1. The van der Waals surface area contributed by atoms with Crippen LogP contribution in [-0.4, -0.2) is 70.0 Å². The van der Waals surface area contributed by atoms with E-state index in [9.17, 15) is 19.0 Å². The van der Waals surface area contributed by atoms with E-state index < -0.39 is 26.5 Å². The van der Waals surface area contributed by atoms with Crippen LogP contribution in [0.5, 0.6) is 0 Å². The van der Waals surface area contributed by atoms with Gasteiger partial charge in [-0.2, -0.15) is 0 Å². The van der Waals surface area contributed by atoms with Gasteiger partial charge in [-0.3, -0.25) is 14.2 Å². The molecular formula is C75H142NO8P. The fourth-order valence-corrected chi connectivity index (χ4v) is 11.7. The molecule has 0 aliphatic rings. The van der Waals surface area contributed by atoms with E-state index in [0.29, 0.717) is 17.4 Å². The lowest BCUT2D eigenvalue weighted by molar-refractivity contribution is -0.870. The highest BCUT2D eigenvalue weighted by molar-refractivity contribution is 7.45. The molecule has 0 rings (SSSR count). The van der Waals surface area contributed by atoms with E-state index in [1.807, 2.05) is 21.1 Å². The van der Waals surface area contributed by atoms with Gasteiger partial charge in [0, 0.05) is 12.8 Å². The van der Waals surface area contributed by atoms with Gasteiger partial charge < -0.3 is 27.9 Å². The second-order valence-electron chi connectivity index (χ2n) is 26.3. The van der Waals surface area contributed by atoms with Crippen molar-refractivity contribution < 1.29 is 42.1 Å². The number of rotatable bonds is 69. The molecule has 0 heterocycles. The molecule has 0 aliphatic carbocycles. The Morgan fingerprint density at radius 1 is 0.376 bits per heavy atom. The molecule has 0 fully saturated rings. The van der Waals surface area contributed by atoms with Crippen molar-refractivity contribution in [2.75, 3.05) is 47.5 Å². The van der Waals surface area contributed by atoms with E-state index in [0.717, 1.165) is 57.8 Å². The molecule has 500 valence electrons. The zero-order valence-electron chi connectivity index (χ0n) is 57.1. The summed E-state index contributed by atoms with van der Waals surface area (Å²) in [6, 6.07) is 0. The third kappa shape index (κ3) is 70.9. The van der Waals surface area contributed by atoms with Crippen LogP contribution < -0.4 is 4.89 Å². The number of allylic oxidation sites excluding steroid dienone is 8. The quantitative estimate of drug-likeness (QED) is 0.0195. The van der Waals surface area contributed by atoms with E-state index in [-0.39, 0.29) is 32.0 Å². The first-order valence-electron chi connectivity index (χ1n) is 36.8. The van der Waals surface area contributed by atoms with Gasteiger partial charge in [-0.25, -0.2) is 0 Å². The van der Waals surface area contributed by atoms with Crippen LogP contribution in [0, 0.1) is 0 Å². The Morgan fingerprint density at radius 3 is 1.00 bits per heavy atom. The standard InChI is InChI=1S/C75H142NO8P/c1-6-8-10-12-14-16-18-20-22-24-26-28-30-32-34-36-37-38-39-40-42-44-46-48-50-52-54-56-58-60-62-64-66-68-75(78)84-73(72-83-85(79,80)82-70-69-76(3,4)5)71-81-74(77)67-65-63-61-59-57-55-53-51-49-47-45-43-41-35-33-31-29-27-25-23-21-19-17-15-13-11-9-7-2/h8,10,14,16,20,22,26,28,73H,6-7,9,11-13,15,17-19,21,23-25,27,29-72H2,1-5H3/b10-8-,16-14-,22-20-,28-26-. The number of quaternary nitrogens is 1. The number of esters is 2. The second-order valence-corrected chi connectivity index (χ2v) is 27.7. The first-order chi connectivity index (χ1) is 41.5. The Kier molecular flexibility index (Phi) is 64.8. The average molecular weight is 1220 g/mol. The van der Waals surface area contributed by atoms with Gasteiger partial charge in [-0.15, -0.1) is 0 Å². The predicted octanol–water partition coefficient (Wildman–Crippen LogP) is 23.4. The Hall–Kier alpha value is -2.03. The molecule has 0 aliphatic heterocycles. The van der Waals surface area contributed by atoms with E-state index in [1.165, 1.54) is 276 Å². The lowest BCUT2D eigenvalue weighted by atomic mass is 10.0. The number of hydrogen-bond acceptors (Lipinski definition) is 8. The van der Waals surface area contributed by atoms with Crippen LogP contribution in [0.1, 0.15) is 367 Å². The molecule has 0 amide bonds. The normalized spacial score (nSPS) is 13.3. The number of nitrogens with zero attached hydrogens (tertiary/aromatic N) is 1. The number of carbonyl (C=O) groups excluding carboxylic acids is 2. The number of carbonyl (C=O) groups is 2. The van der Waals surface area contributed by atoms with Crippen molar-refractivity contribution in [2.24, 2.45) is 0 Å². The lowest BCUT2D eigenvalue weighted by Gasteiger charge is -2.28. The van der Waals surface area contributed by atoms with Gasteiger partial charge in [0.2, 0.25) is 0 Å². The van der Waals surface area contributed by atoms with E-state index >= 15 is 0 Å². The van der Waals surface area contributed by atoms with Crippen LogP contribution in [-0.2, 0) is 32.7 Å². The minimum absolute atomic E-state index is 0.0279. The van der Waals surface area contributed by atoms with Gasteiger partial charge in [-0.05, 0) is 51.4 Å². The topological polar surface area (TPSA) is 111 Å². The molecule has 0 bridgehead atoms. The summed E-state index contributed by atoms with van der Waals surface area (Å²) in [5, 5.41) is 0. The molecule has 0 N–H and O–H groups in total. The molecular weight excluding hydrogens is 1070 g/mol. The third-order valence-corrected chi connectivity index (χ3v) is 17.6. The van der Waals surface area contributed by atoms with E-state index in [2.05, 4.69) is 62.5 Å². The first-order valence-corrected chi connectivity index (χ1v) is 38.3. The summed E-state index contributed by atoms with van der Waals surface area (Å²) >= 11 is 0. The Morgan fingerprint density at radius 2 is 0.671 bits per heavy atom. The first kappa shape index (κ1) is 83.0. The molecule has 10 heteroatoms. The summed E-state index contributed by atoms with van der Waals surface area (Å²) in [7, 11) is 1.19. The lowest BCUT2D eigenvalue weighted by Crippen LogP contribution is -2.37. The molecule has 0 aromatic rings. The fourth-order valence-electron chi connectivity index (χ4n) is 11.0. The highest BCUT2D eigenvalue weighted by atomic mass is 31.2. The van der Waals surface area contributed by atoms with Crippen LogP contribution >= 0.6 is 7.82 Å². The largest absolute Gasteiger partial charge is 0.756 e. The van der Waals surface area contributed by atoms with Crippen molar-refractivity contribution >= 4 is 19.8 Å². The molecule has 0 saturated heterocycles. The maximum atomic E-state index is 12.9. The van der Waals surface area contributed by atoms with Crippen molar-refractivity contribution in [3.8, 4) is 0 Å². The van der Waals surface area contributed by atoms with Crippen molar-refractivity contribution in [1.82, 2.24) is 0 Å². The van der Waals surface area contributed by atoms with E-state index in [4.69, 9.17) is 18.5 Å². The minimum atomic E-state index is -4.64. The third-order valence-electron chi connectivity index (χ3n) is 16.6. The summed E-state index contributed by atoms with van der Waals surface area (Å²) < 4.78 is 34.4. The number of unbranched alkanes of at least 4 members (excludes halogenated alkanes) is 47. The van der Waals surface area contributed by atoms with Crippen molar-refractivity contribution in [3.63, 3.8) is 0 Å². The van der Waals surface area contributed by atoms with Crippen LogP contribution in [0.4, 0.5) is 0 Å². The minimum Gasteiger partial charge on any atom is -0.756 e. The van der Waals surface area contributed by atoms with E-state index in [1.54, 1.807) is 0 Å². The van der Waals surface area contributed by atoms with Crippen LogP contribution in [0.2, 0.25) is 0 Å². The summed E-state index contributed by atoms with van der Waals surface area (Å²) in [4.78, 5) is 38.1. The molecule has 9 nitrogen and oxygen atoms in total. The second kappa shape index (κ2) is 66.4. The van der Waals surface area contributed by atoms with Crippen molar-refractivity contribution in [2.45, 2.75) is 373 Å². The number of ether oxygens (including phenoxy) is 2. The van der Waals surface area contributed by atoms with Gasteiger partial charge in [0.05, 0.1) is 27.7 Å². The molecule has 0 aromatic carbocycles. The molecule has 85 heavy (non-hydrogen) atoms. The smallest absolute Gasteiger partial charge is 0.306 e. The molecule has 0 radical (unpaired) electrons. The highest BCUT2D eigenvalue weighted by Crippen LogP contribution is 2.38. The average Bonchev–Trinajstić information content (AvgIpc) is 3.54. The summed E-state index contributed by atoms with van der Waals surface area (Å²) in [5.74, 6) is -0.810. The number of likely N-dealkylation sites (N-methyl/N-ethyl adjacent to an activating group) is 1. The van der Waals surface area contributed by atoms with Gasteiger partial charge in [0.25, 0.3) is 7.82 Å². The van der Waals surface area contributed by atoms with Crippen LogP contribution in [0.25, 0.3) is 0 Å². The van der Waals surface area contributed by atoms with Gasteiger partial charge >= 0.3 is 11.9 Å². The Balaban J connectivity index is 3.96. The van der Waals surface area contributed by atoms with Gasteiger partial charge in [-0.1, -0.05) is 351 Å². The molecule has 0 aromatic heterocycles. The highest BCUT2D eigenvalue weighted by Gasteiger charge is 2.22. The van der Waals surface area contributed by atoms with Gasteiger partial charge in [0.15, 0.2) is 6.10 Å². The predicted molar refractivity (Wildman–Crippen MR) is 365 cm³/mol. The Labute approximate surface area is 528 Å². The van der Waals surface area contributed by atoms with Crippen LogP contribution in [0.3, 0.4) is 0 Å². The Bertz CT molecular complexity index is 1570. The molecule has 2 unspecified atom stereocenters. The molecule has 0 spiro atoms. The maximum Gasteiger partial charge on any atom is 0.306 e. The number of phosphoric acid groups is 1. The van der Waals surface area contributed by atoms with Crippen LogP contribution in [0.15, 0.2) is 48.6 Å². The summed E-state index contributed by atoms with van der Waals surface area (Å²) in [6.45, 7) is 4.20. The summed E-state index contributed by atoms with van der Waals surface area (Å²) in [5.41, 5.74) is 0. The zero-order valence-corrected chi connectivity index (χ0v) is 58.0. The summed E-state index contributed by atoms with van der Waals surface area (Å²) in [6.07, 6.45) is 86.4. The van der Waals surface area contributed by atoms with Crippen molar-refractivity contribution in [1.29, 1.82) is 0 Å². The zero-order chi connectivity index (χ0) is 61.9. The SMILES string of the molecule is CC/C=C\C/C=C\C/C=C\C/C=C\CCCCCCCCCCCCCCCCCCCCCCC(=O)OC(COC(=O)CCCCCCCCCCCCCCCCCCCCCCCCCCCCCC)COP(=O)([O-])OCC[N+](C)(C)C. The van der Waals surface area contributed by atoms with Crippen molar-refractivity contribution in [3.05, 3.63) is 48.6 Å².